The molecule has 3 N–H and O–H groups in total. The van der Waals surface area contributed by atoms with Crippen molar-refractivity contribution < 1.29 is 27.5 Å². The van der Waals surface area contributed by atoms with Crippen LogP contribution in [0.1, 0.15) is 48.7 Å². The molecule has 0 fully saturated rings. The standard InChI is InChI=1S/C24H30BrN3O6S/c1-5-16-7-9-19-21(13-16)34-12-11-24(19,35(31,32)28-23(30)26-6-2)15(3)27-22(29)18-14-17(25)8-10-20(18)33-4/h7-10,13-15H,5-6,11-12H2,1-4H3,(H,27,29)(H2,26,28,30). The minimum Gasteiger partial charge on any atom is -0.496 e. The fourth-order valence-corrected chi connectivity index (χ4v) is 6.52. The molecule has 3 amide bonds. The molecule has 2 unspecified atom stereocenters. The number of carbonyl (C=O) groups is 2. The Balaban J connectivity index is 2.11. The van der Waals surface area contributed by atoms with E-state index < -0.39 is 32.8 Å². The number of hydrogen-bond donors (Lipinski definition) is 3. The third-order valence-electron chi connectivity index (χ3n) is 6.14. The van der Waals surface area contributed by atoms with Gasteiger partial charge in [-0.15, -0.1) is 0 Å². The number of carbonyl (C=O) groups excluding carboxylic acids is 2. The van der Waals surface area contributed by atoms with Gasteiger partial charge in [-0.3, -0.25) is 4.79 Å². The van der Waals surface area contributed by atoms with Crippen LogP contribution in [0, 0.1) is 0 Å². The van der Waals surface area contributed by atoms with Crippen LogP contribution in [-0.4, -0.2) is 46.7 Å². The lowest BCUT2D eigenvalue weighted by Gasteiger charge is -2.42. The van der Waals surface area contributed by atoms with Crippen molar-refractivity contribution in [3.05, 3.63) is 57.6 Å². The Labute approximate surface area is 214 Å². The van der Waals surface area contributed by atoms with E-state index in [0.29, 0.717) is 21.5 Å². The Kier molecular flexibility index (Phi) is 8.32. The van der Waals surface area contributed by atoms with Crippen molar-refractivity contribution in [2.45, 2.75) is 44.4 Å². The number of sulfonamides is 1. The van der Waals surface area contributed by atoms with Gasteiger partial charge in [0.2, 0.25) is 10.0 Å². The van der Waals surface area contributed by atoms with Gasteiger partial charge in [-0.2, -0.15) is 0 Å². The van der Waals surface area contributed by atoms with Gasteiger partial charge >= 0.3 is 6.03 Å². The predicted octanol–water partition coefficient (Wildman–Crippen LogP) is 3.47. The highest BCUT2D eigenvalue weighted by molar-refractivity contribution is 9.10. The van der Waals surface area contributed by atoms with Gasteiger partial charge in [0.05, 0.1) is 25.3 Å². The van der Waals surface area contributed by atoms with E-state index in [1.165, 1.54) is 7.11 Å². The molecule has 0 spiro atoms. The van der Waals surface area contributed by atoms with Crippen molar-refractivity contribution in [2.75, 3.05) is 20.3 Å². The molecule has 0 aromatic heterocycles. The lowest BCUT2D eigenvalue weighted by atomic mass is 9.85. The van der Waals surface area contributed by atoms with E-state index in [-0.39, 0.29) is 25.1 Å². The smallest absolute Gasteiger partial charge is 0.328 e. The first-order valence-corrected chi connectivity index (χ1v) is 13.6. The van der Waals surface area contributed by atoms with E-state index in [1.54, 1.807) is 44.2 Å². The number of aryl methyl sites for hydroxylation is 1. The van der Waals surface area contributed by atoms with Crippen LogP contribution in [0.4, 0.5) is 4.79 Å². The third-order valence-corrected chi connectivity index (χ3v) is 8.82. The summed E-state index contributed by atoms with van der Waals surface area (Å²) in [4.78, 5) is 25.6. The third kappa shape index (κ3) is 5.25. The highest BCUT2D eigenvalue weighted by atomic mass is 79.9. The van der Waals surface area contributed by atoms with Gasteiger partial charge in [0.1, 0.15) is 16.2 Å². The van der Waals surface area contributed by atoms with Crippen LogP contribution < -0.4 is 24.8 Å². The number of rotatable bonds is 8. The zero-order valence-electron chi connectivity index (χ0n) is 20.1. The number of amides is 3. The zero-order chi connectivity index (χ0) is 25.8. The van der Waals surface area contributed by atoms with Gasteiger partial charge in [0.15, 0.2) is 0 Å². The van der Waals surface area contributed by atoms with Crippen LogP contribution in [0.15, 0.2) is 40.9 Å². The van der Waals surface area contributed by atoms with Gasteiger partial charge < -0.3 is 20.1 Å². The van der Waals surface area contributed by atoms with E-state index in [1.807, 2.05) is 13.0 Å². The molecule has 0 bridgehead atoms. The Morgan fingerprint density at radius 1 is 1.20 bits per heavy atom. The molecule has 2 aromatic rings. The second-order valence-corrected chi connectivity index (χ2v) is 11.0. The minimum absolute atomic E-state index is 0.0251. The van der Waals surface area contributed by atoms with Gasteiger partial charge in [0.25, 0.3) is 5.91 Å². The van der Waals surface area contributed by atoms with E-state index in [0.717, 1.165) is 12.0 Å². The van der Waals surface area contributed by atoms with Crippen molar-refractivity contribution >= 4 is 37.9 Å². The molecule has 0 saturated heterocycles. The summed E-state index contributed by atoms with van der Waals surface area (Å²) in [7, 11) is -2.90. The van der Waals surface area contributed by atoms with Crippen molar-refractivity contribution in [1.29, 1.82) is 0 Å². The van der Waals surface area contributed by atoms with Gasteiger partial charge in [0, 0.05) is 23.0 Å². The summed E-state index contributed by atoms with van der Waals surface area (Å²) in [6, 6.07) is 8.53. The van der Waals surface area contributed by atoms with Crippen LogP contribution in [0.2, 0.25) is 0 Å². The molecule has 0 saturated carbocycles. The normalized spacial score (nSPS) is 18.0. The molecule has 3 rings (SSSR count). The van der Waals surface area contributed by atoms with Crippen LogP contribution >= 0.6 is 15.9 Å². The number of methoxy groups -OCH3 is 1. The van der Waals surface area contributed by atoms with E-state index in [2.05, 4.69) is 31.3 Å². The van der Waals surface area contributed by atoms with Gasteiger partial charge in [-0.25, -0.2) is 17.9 Å². The van der Waals surface area contributed by atoms with E-state index >= 15 is 0 Å². The maximum atomic E-state index is 13.8. The van der Waals surface area contributed by atoms with Crippen molar-refractivity contribution in [3.63, 3.8) is 0 Å². The summed E-state index contributed by atoms with van der Waals surface area (Å²) in [6.07, 6.45) is 0.764. The number of fused-ring (bicyclic) bond motifs is 1. The second-order valence-electron chi connectivity index (χ2n) is 8.18. The lowest BCUT2D eigenvalue weighted by Crippen LogP contribution is -2.60. The van der Waals surface area contributed by atoms with E-state index in [9.17, 15) is 18.0 Å². The molecular formula is C24H30BrN3O6S. The van der Waals surface area contributed by atoms with Gasteiger partial charge in [-0.05, 0) is 50.1 Å². The average molecular weight is 568 g/mol. The lowest BCUT2D eigenvalue weighted by molar-refractivity contribution is 0.0919. The number of hydrogen-bond acceptors (Lipinski definition) is 6. The number of nitrogens with one attached hydrogen (secondary N) is 3. The van der Waals surface area contributed by atoms with Crippen LogP contribution in [-0.2, 0) is 21.2 Å². The molecule has 35 heavy (non-hydrogen) atoms. The molecule has 9 nitrogen and oxygen atoms in total. The maximum Gasteiger partial charge on any atom is 0.328 e. The SMILES string of the molecule is CCNC(=O)NS(=O)(=O)C1(C(C)NC(=O)c2cc(Br)ccc2OC)CCOc2cc(CC)ccc21. The molecular weight excluding hydrogens is 538 g/mol. The summed E-state index contributed by atoms with van der Waals surface area (Å²) in [5, 5.41) is 5.30. The Hall–Kier alpha value is -2.79. The average Bonchev–Trinajstić information content (AvgIpc) is 2.82. The molecule has 190 valence electrons. The van der Waals surface area contributed by atoms with Crippen LogP contribution in [0.3, 0.4) is 0 Å². The zero-order valence-corrected chi connectivity index (χ0v) is 22.5. The maximum absolute atomic E-state index is 13.8. The molecule has 1 heterocycles. The van der Waals surface area contributed by atoms with Crippen molar-refractivity contribution in [2.24, 2.45) is 0 Å². The molecule has 1 aliphatic rings. The first kappa shape index (κ1) is 26.8. The van der Waals surface area contributed by atoms with E-state index in [4.69, 9.17) is 9.47 Å². The molecule has 11 heteroatoms. The highest BCUT2D eigenvalue weighted by Crippen LogP contribution is 2.45. The molecule has 0 radical (unpaired) electrons. The Morgan fingerprint density at radius 2 is 1.94 bits per heavy atom. The summed E-state index contributed by atoms with van der Waals surface area (Å²) < 4.78 is 40.0. The number of benzene rings is 2. The Morgan fingerprint density at radius 3 is 2.60 bits per heavy atom. The monoisotopic (exact) mass is 567 g/mol. The molecule has 2 atom stereocenters. The van der Waals surface area contributed by atoms with Crippen molar-refractivity contribution in [1.82, 2.24) is 15.4 Å². The topological polar surface area (TPSA) is 123 Å². The number of halogens is 1. The fourth-order valence-electron chi connectivity index (χ4n) is 4.32. The first-order valence-electron chi connectivity index (χ1n) is 11.3. The predicted molar refractivity (Wildman–Crippen MR) is 136 cm³/mol. The fraction of sp³-hybridized carbons (Fsp3) is 0.417. The van der Waals surface area contributed by atoms with Crippen molar-refractivity contribution in [3.8, 4) is 11.5 Å². The molecule has 1 aliphatic heterocycles. The number of urea groups is 1. The molecule has 0 aliphatic carbocycles. The molecule has 2 aromatic carbocycles. The quantitative estimate of drug-likeness (QED) is 0.449. The minimum atomic E-state index is -4.35. The largest absolute Gasteiger partial charge is 0.496 e. The summed E-state index contributed by atoms with van der Waals surface area (Å²) in [5.74, 6) is 0.245. The van der Waals surface area contributed by atoms with Gasteiger partial charge in [-0.1, -0.05) is 35.0 Å². The first-order chi connectivity index (χ1) is 16.6. The second kappa shape index (κ2) is 10.9. The summed E-state index contributed by atoms with van der Waals surface area (Å²) in [6.45, 7) is 5.63. The van der Waals surface area contributed by atoms with Crippen LogP contribution in [0.25, 0.3) is 0 Å². The summed E-state index contributed by atoms with van der Waals surface area (Å²) in [5.41, 5.74) is 1.60. The summed E-state index contributed by atoms with van der Waals surface area (Å²) >= 11 is 3.35. The Bertz CT molecular complexity index is 1220. The number of ether oxygens (including phenoxy) is 2. The van der Waals surface area contributed by atoms with Crippen LogP contribution in [0.5, 0.6) is 11.5 Å². The highest BCUT2D eigenvalue weighted by Gasteiger charge is 2.54.